The van der Waals surface area contributed by atoms with E-state index in [9.17, 15) is 9.59 Å². The summed E-state index contributed by atoms with van der Waals surface area (Å²) in [6, 6.07) is 15.1. The lowest BCUT2D eigenvalue weighted by Gasteiger charge is -2.13. The highest BCUT2D eigenvalue weighted by molar-refractivity contribution is 5.76. The van der Waals surface area contributed by atoms with Gasteiger partial charge in [-0.15, -0.1) is 10.2 Å². The maximum absolute atomic E-state index is 12.5. The molecule has 0 unspecified atom stereocenters. The van der Waals surface area contributed by atoms with E-state index in [1.807, 2.05) is 55.5 Å². The van der Waals surface area contributed by atoms with Crippen molar-refractivity contribution in [2.45, 2.75) is 45.6 Å². The standard InChI is InChI=1S/C25H30N4O4/c1-4-17(2)33-20-10-7-9-19(16-20)24-27-25(31)21(28-29-24)12-13-23(30)26-15-14-18-8-5-6-11-22(18)32-3/h5-11,16-17H,4,12-15H2,1-3H3,(H,26,30)(H,27,29,31)/t17-/m0/s1. The number of benzene rings is 2. The van der Waals surface area contributed by atoms with Crippen molar-refractivity contribution < 1.29 is 14.3 Å². The topological polar surface area (TPSA) is 106 Å². The third kappa shape index (κ3) is 6.90. The summed E-state index contributed by atoms with van der Waals surface area (Å²) in [5, 5.41) is 11.1. The molecular weight excluding hydrogens is 420 g/mol. The normalized spacial score (nSPS) is 11.6. The molecule has 0 saturated heterocycles. The number of methoxy groups -OCH3 is 1. The lowest BCUT2D eigenvalue weighted by Crippen LogP contribution is -2.27. The van der Waals surface area contributed by atoms with Gasteiger partial charge in [0.15, 0.2) is 5.82 Å². The van der Waals surface area contributed by atoms with Crippen LogP contribution in [0.4, 0.5) is 0 Å². The molecule has 1 heterocycles. The first-order chi connectivity index (χ1) is 16.0. The van der Waals surface area contributed by atoms with Gasteiger partial charge >= 0.3 is 0 Å². The first kappa shape index (κ1) is 24.0. The summed E-state index contributed by atoms with van der Waals surface area (Å²) in [4.78, 5) is 27.4. The van der Waals surface area contributed by atoms with Crippen LogP contribution in [-0.4, -0.2) is 40.8 Å². The molecule has 0 radical (unpaired) electrons. The van der Waals surface area contributed by atoms with Gasteiger partial charge in [-0.25, -0.2) is 0 Å². The van der Waals surface area contributed by atoms with Crippen molar-refractivity contribution >= 4 is 5.91 Å². The number of ether oxygens (including phenoxy) is 2. The van der Waals surface area contributed by atoms with Gasteiger partial charge in [-0.2, -0.15) is 0 Å². The molecule has 174 valence electrons. The average molecular weight is 451 g/mol. The van der Waals surface area contributed by atoms with E-state index in [-0.39, 0.29) is 36.1 Å². The summed E-state index contributed by atoms with van der Waals surface area (Å²) in [5.41, 5.74) is 1.61. The second-order valence-electron chi connectivity index (χ2n) is 7.73. The second-order valence-corrected chi connectivity index (χ2v) is 7.73. The number of H-pyrrole nitrogens is 1. The summed E-state index contributed by atoms with van der Waals surface area (Å²) in [6.07, 6.45) is 2.00. The Kier molecular flexibility index (Phi) is 8.57. The molecule has 33 heavy (non-hydrogen) atoms. The van der Waals surface area contributed by atoms with E-state index in [1.165, 1.54) is 0 Å². The molecule has 1 amide bonds. The Hall–Kier alpha value is -3.68. The van der Waals surface area contributed by atoms with Crippen molar-refractivity contribution in [3.63, 3.8) is 0 Å². The fourth-order valence-electron chi connectivity index (χ4n) is 3.25. The lowest BCUT2D eigenvalue weighted by atomic mass is 10.1. The molecule has 0 spiro atoms. The van der Waals surface area contributed by atoms with E-state index in [4.69, 9.17) is 9.47 Å². The van der Waals surface area contributed by atoms with Crippen molar-refractivity contribution in [1.82, 2.24) is 20.5 Å². The van der Waals surface area contributed by atoms with Crippen molar-refractivity contribution in [2.24, 2.45) is 0 Å². The quantitative estimate of drug-likeness (QED) is 0.464. The fourth-order valence-corrected chi connectivity index (χ4v) is 3.25. The summed E-state index contributed by atoms with van der Waals surface area (Å²) in [6.45, 7) is 4.53. The van der Waals surface area contributed by atoms with Crippen LogP contribution in [0.1, 0.15) is 37.9 Å². The number of para-hydroxylation sites is 1. The van der Waals surface area contributed by atoms with E-state index < -0.39 is 0 Å². The number of carbonyl (C=O) groups is 1. The van der Waals surface area contributed by atoms with Gasteiger partial charge < -0.3 is 19.8 Å². The number of hydrogen-bond donors (Lipinski definition) is 2. The van der Waals surface area contributed by atoms with Crippen LogP contribution < -0.4 is 20.3 Å². The average Bonchev–Trinajstić information content (AvgIpc) is 2.83. The zero-order valence-electron chi connectivity index (χ0n) is 19.3. The predicted molar refractivity (Wildman–Crippen MR) is 126 cm³/mol. The number of carbonyl (C=O) groups excluding carboxylic acids is 1. The summed E-state index contributed by atoms with van der Waals surface area (Å²) in [7, 11) is 1.62. The molecule has 1 aromatic heterocycles. The Labute approximate surface area is 193 Å². The van der Waals surface area contributed by atoms with Crippen LogP contribution in [0.2, 0.25) is 0 Å². The Morgan fingerprint density at radius 3 is 2.70 bits per heavy atom. The first-order valence-corrected chi connectivity index (χ1v) is 11.1. The molecule has 0 aliphatic carbocycles. The highest BCUT2D eigenvalue weighted by Gasteiger charge is 2.11. The zero-order chi connectivity index (χ0) is 23.6. The van der Waals surface area contributed by atoms with Crippen LogP contribution in [-0.2, 0) is 17.6 Å². The van der Waals surface area contributed by atoms with Crippen molar-refractivity contribution in [2.75, 3.05) is 13.7 Å². The monoisotopic (exact) mass is 450 g/mol. The third-order valence-corrected chi connectivity index (χ3v) is 5.28. The van der Waals surface area contributed by atoms with Crippen molar-refractivity contribution in [1.29, 1.82) is 0 Å². The van der Waals surface area contributed by atoms with Gasteiger partial charge in [0.1, 0.15) is 17.2 Å². The minimum atomic E-state index is -0.352. The SMILES string of the molecule is CC[C@H](C)Oc1cccc(-c2nnc(CCC(=O)NCCc3ccccc3OC)c(=O)[nH]2)c1. The Morgan fingerprint density at radius 1 is 1.12 bits per heavy atom. The van der Waals surface area contributed by atoms with Gasteiger partial charge in [0.25, 0.3) is 5.56 Å². The molecule has 2 aromatic carbocycles. The van der Waals surface area contributed by atoms with Gasteiger partial charge in [-0.1, -0.05) is 37.3 Å². The Balaban J connectivity index is 1.54. The maximum atomic E-state index is 12.5. The molecule has 0 aliphatic rings. The van der Waals surface area contributed by atoms with Crippen LogP contribution >= 0.6 is 0 Å². The van der Waals surface area contributed by atoms with Gasteiger partial charge in [0.05, 0.1) is 13.2 Å². The number of aryl methyl sites for hydroxylation is 1. The van der Waals surface area contributed by atoms with Crippen LogP contribution in [0.3, 0.4) is 0 Å². The smallest absolute Gasteiger partial charge is 0.273 e. The molecule has 2 N–H and O–H groups in total. The minimum absolute atomic E-state index is 0.0913. The summed E-state index contributed by atoms with van der Waals surface area (Å²) < 4.78 is 11.1. The van der Waals surface area contributed by atoms with Gasteiger partial charge in [0, 0.05) is 24.9 Å². The molecule has 0 saturated carbocycles. The second kappa shape index (κ2) is 11.8. The first-order valence-electron chi connectivity index (χ1n) is 11.1. The number of aromatic amines is 1. The molecule has 0 bridgehead atoms. The number of aromatic nitrogens is 3. The van der Waals surface area contributed by atoms with E-state index in [0.717, 1.165) is 17.7 Å². The predicted octanol–water partition coefficient (Wildman–Crippen LogP) is 3.31. The molecular formula is C25H30N4O4. The van der Waals surface area contributed by atoms with E-state index in [1.54, 1.807) is 7.11 Å². The zero-order valence-corrected chi connectivity index (χ0v) is 19.3. The van der Waals surface area contributed by atoms with Gasteiger partial charge in [-0.05, 0) is 43.5 Å². The highest BCUT2D eigenvalue weighted by Crippen LogP contribution is 2.21. The van der Waals surface area contributed by atoms with E-state index in [0.29, 0.717) is 30.1 Å². The van der Waals surface area contributed by atoms with Crippen LogP contribution in [0.15, 0.2) is 53.3 Å². The largest absolute Gasteiger partial charge is 0.496 e. The molecule has 0 aliphatic heterocycles. The molecule has 3 aromatic rings. The maximum Gasteiger partial charge on any atom is 0.273 e. The van der Waals surface area contributed by atoms with Gasteiger partial charge in [-0.3, -0.25) is 9.59 Å². The number of nitrogens with one attached hydrogen (secondary N) is 2. The number of hydrogen-bond acceptors (Lipinski definition) is 6. The summed E-state index contributed by atoms with van der Waals surface area (Å²) in [5.74, 6) is 1.72. The van der Waals surface area contributed by atoms with Crippen molar-refractivity contribution in [3.05, 3.63) is 70.1 Å². The van der Waals surface area contributed by atoms with Crippen LogP contribution in [0.5, 0.6) is 11.5 Å². The number of rotatable bonds is 11. The van der Waals surface area contributed by atoms with Crippen molar-refractivity contribution in [3.8, 4) is 22.9 Å². The molecule has 3 rings (SSSR count). The number of amides is 1. The Bertz CT molecular complexity index is 1130. The van der Waals surface area contributed by atoms with Gasteiger partial charge in [0.2, 0.25) is 5.91 Å². The van der Waals surface area contributed by atoms with E-state index in [2.05, 4.69) is 27.4 Å². The molecule has 8 nitrogen and oxygen atoms in total. The van der Waals surface area contributed by atoms with E-state index >= 15 is 0 Å². The highest BCUT2D eigenvalue weighted by atomic mass is 16.5. The summed E-state index contributed by atoms with van der Waals surface area (Å²) >= 11 is 0. The minimum Gasteiger partial charge on any atom is -0.496 e. The molecule has 8 heteroatoms. The number of nitrogens with zero attached hydrogens (tertiary/aromatic N) is 2. The van der Waals surface area contributed by atoms with Crippen LogP contribution in [0, 0.1) is 0 Å². The third-order valence-electron chi connectivity index (χ3n) is 5.28. The fraction of sp³-hybridized carbons (Fsp3) is 0.360. The molecule has 1 atom stereocenters. The van der Waals surface area contributed by atoms with Crippen LogP contribution in [0.25, 0.3) is 11.4 Å². The molecule has 0 fully saturated rings. The Morgan fingerprint density at radius 2 is 1.94 bits per heavy atom. The lowest BCUT2D eigenvalue weighted by molar-refractivity contribution is -0.121.